The maximum atomic E-state index is 13.1. The number of nitrogens with one attached hydrogen (secondary N) is 1. The second kappa shape index (κ2) is 8.23. The molecule has 1 heterocycles. The number of fused-ring (bicyclic) bond motifs is 1. The number of sulfonamides is 1. The maximum absolute atomic E-state index is 13.1. The normalized spacial score (nSPS) is 13.3. The Morgan fingerprint density at radius 1 is 0.968 bits per heavy atom. The van der Waals surface area contributed by atoms with Gasteiger partial charge < -0.3 is 5.32 Å². The van der Waals surface area contributed by atoms with Gasteiger partial charge in [-0.15, -0.1) is 0 Å². The Hall–Kier alpha value is -3.65. The molecule has 0 fully saturated rings. The monoisotopic (exact) mass is 435 g/mol. The Balaban J connectivity index is 1.62. The third kappa shape index (κ3) is 3.89. The van der Waals surface area contributed by atoms with E-state index < -0.39 is 10.0 Å². The van der Waals surface area contributed by atoms with Crippen LogP contribution in [0.15, 0.2) is 83.8 Å². The fourth-order valence-corrected chi connectivity index (χ4v) is 5.05. The molecule has 3 aromatic rings. The third-order valence-electron chi connectivity index (χ3n) is 5.04. The van der Waals surface area contributed by atoms with Crippen molar-refractivity contribution in [1.82, 2.24) is 0 Å². The van der Waals surface area contributed by atoms with E-state index in [1.54, 1.807) is 85.8 Å². The lowest BCUT2D eigenvalue weighted by molar-refractivity contribution is -0.115. The SMILES string of the molecule is CCN(c1ccc(C(=O)N2CC(=O)Nc3ccccc32)cc1)S(=O)(=O)c1ccccc1. The second-order valence-electron chi connectivity index (χ2n) is 6.99. The Kier molecular flexibility index (Phi) is 5.48. The fourth-order valence-electron chi connectivity index (χ4n) is 3.55. The molecule has 0 atom stereocenters. The van der Waals surface area contributed by atoms with Gasteiger partial charge in [-0.05, 0) is 55.5 Å². The molecular formula is C23H21N3O4S. The number of para-hydroxylation sites is 2. The molecule has 0 radical (unpaired) electrons. The van der Waals surface area contributed by atoms with E-state index in [0.29, 0.717) is 22.6 Å². The number of hydrogen-bond donors (Lipinski definition) is 1. The van der Waals surface area contributed by atoms with E-state index in [9.17, 15) is 18.0 Å². The summed E-state index contributed by atoms with van der Waals surface area (Å²) in [6.45, 7) is 1.91. The zero-order valence-electron chi connectivity index (χ0n) is 16.9. The predicted octanol–water partition coefficient (Wildman–Crippen LogP) is 3.50. The van der Waals surface area contributed by atoms with E-state index in [2.05, 4.69) is 5.32 Å². The van der Waals surface area contributed by atoms with Crippen LogP contribution in [0, 0.1) is 0 Å². The molecule has 31 heavy (non-hydrogen) atoms. The number of amides is 2. The summed E-state index contributed by atoms with van der Waals surface area (Å²) in [4.78, 5) is 26.7. The van der Waals surface area contributed by atoms with Crippen molar-refractivity contribution in [3.8, 4) is 0 Å². The van der Waals surface area contributed by atoms with Gasteiger partial charge in [0.1, 0.15) is 6.54 Å². The van der Waals surface area contributed by atoms with E-state index in [0.717, 1.165) is 0 Å². The molecule has 1 N–H and O–H groups in total. The molecule has 158 valence electrons. The third-order valence-corrected chi connectivity index (χ3v) is 6.95. The Morgan fingerprint density at radius 3 is 2.29 bits per heavy atom. The lowest BCUT2D eigenvalue weighted by atomic mass is 10.1. The zero-order chi connectivity index (χ0) is 22.0. The Bertz CT molecular complexity index is 1230. The lowest BCUT2D eigenvalue weighted by Gasteiger charge is -2.29. The summed E-state index contributed by atoms with van der Waals surface area (Å²) in [7, 11) is -3.72. The smallest absolute Gasteiger partial charge is 0.264 e. The van der Waals surface area contributed by atoms with Crippen molar-refractivity contribution in [3.05, 3.63) is 84.4 Å². The van der Waals surface area contributed by atoms with Gasteiger partial charge in [0.25, 0.3) is 15.9 Å². The summed E-state index contributed by atoms with van der Waals surface area (Å²) >= 11 is 0. The van der Waals surface area contributed by atoms with Crippen molar-refractivity contribution < 1.29 is 18.0 Å². The highest BCUT2D eigenvalue weighted by atomic mass is 32.2. The molecule has 0 aromatic heterocycles. The topological polar surface area (TPSA) is 86.8 Å². The predicted molar refractivity (Wildman–Crippen MR) is 120 cm³/mol. The summed E-state index contributed by atoms with van der Waals surface area (Å²) in [5.74, 6) is -0.599. The highest BCUT2D eigenvalue weighted by molar-refractivity contribution is 7.92. The van der Waals surface area contributed by atoms with E-state index in [-0.39, 0.29) is 29.8 Å². The van der Waals surface area contributed by atoms with Crippen LogP contribution in [0.5, 0.6) is 0 Å². The largest absolute Gasteiger partial charge is 0.323 e. The summed E-state index contributed by atoms with van der Waals surface area (Å²) in [5, 5.41) is 2.75. The van der Waals surface area contributed by atoms with Crippen molar-refractivity contribution in [2.24, 2.45) is 0 Å². The van der Waals surface area contributed by atoms with Gasteiger partial charge in [-0.3, -0.25) is 18.8 Å². The van der Waals surface area contributed by atoms with Crippen LogP contribution in [-0.2, 0) is 14.8 Å². The van der Waals surface area contributed by atoms with Gasteiger partial charge >= 0.3 is 0 Å². The molecule has 0 spiro atoms. The average molecular weight is 436 g/mol. The van der Waals surface area contributed by atoms with Crippen LogP contribution >= 0.6 is 0 Å². The molecule has 4 rings (SSSR count). The van der Waals surface area contributed by atoms with Crippen LogP contribution in [0.1, 0.15) is 17.3 Å². The van der Waals surface area contributed by atoms with E-state index in [4.69, 9.17) is 0 Å². The number of carbonyl (C=O) groups is 2. The van der Waals surface area contributed by atoms with Crippen LogP contribution in [-0.4, -0.2) is 33.3 Å². The van der Waals surface area contributed by atoms with Gasteiger partial charge in [0, 0.05) is 12.1 Å². The molecule has 0 aliphatic carbocycles. The molecule has 8 heteroatoms. The standard InChI is InChI=1S/C23H21N3O4S/c1-2-26(31(29,30)19-8-4-3-5-9-19)18-14-12-17(13-15-18)23(28)25-16-22(27)24-20-10-6-7-11-21(20)25/h3-15H,2,16H2,1H3,(H,24,27). The van der Waals surface area contributed by atoms with E-state index >= 15 is 0 Å². The molecule has 0 bridgehead atoms. The minimum absolute atomic E-state index is 0.0823. The van der Waals surface area contributed by atoms with Crippen LogP contribution in [0.2, 0.25) is 0 Å². The van der Waals surface area contributed by atoms with Crippen LogP contribution in [0.25, 0.3) is 0 Å². The highest BCUT2D eigenvalue weighted by Gasteiger charge is 2.28. The first-order chi connectivity index (χ1) is 14.9. The van der Waals surface area contributed by atoms with Gasteiger partial charge in [-0.2, -0.15) is 0 Å². The number of rotatable bonds is 5. The molecule has 1 aliphatic rings. The van der Waals surface area contributed by atoms with Crippen LogP contribution in [0.3, 0.4) is 0 Å². The molecule has 0 saturated carbocycles. The number of carbonyl (C=O) groups excluding carboxylic acids is 2. The van der Waals surface area contributed by atoms with Crippen LogP contribution < -0.4 is 14.5 Å². The van der Waals surface area contributed by atoms with Crippen molar-refractivity contribution in [2.45, 2.75) is 11.8 Å². The number of anilines is 3. The van der Waals surface area contributed by atoms with Crippen molar-refractivity contribution in [3.63, 3.8) is 0 Å². The maximum Gasteiger partial charge on any atom is 0.264 e. The molecule has 0 unspecified atom stereocenters. The molecule has 3 aromatic carbocycles. The Labute approximate surface area is 181 Å². The fraction of sp³-hybridized carbons (Fsp3) is 0.130. The minimum atomic E-state index is -3.72. The second-order valence-corrected chi connectivity index (χ2v) is 8.85. The van der Waals surface area contributed by atoms with Gasteiger partial charge in [0.05, 0.1) is 22.0 Å². The minimum Gasteiger partial charge on any atom is -0.323 e. The quantitative estimate of drug-likeness (QED) is 0.665. The summed E-state index contributed by atoms with van der Waals surface area (Å²) in [5.41, 5.74) is 2.02. The summed E-state index contributed by atoms with van der Waals surface area (Å²) in [6, 6.07) is 21.7. The number of benzene rings is 3. The van der Waals surface area contributed by atoms with E-state index in [1.807, 2.05) is 0 Å². The van der Waals surface area contributed by atoms with Gasteiger partial charge in [-0.25, -0.2) is 8.42 Å². The first kappa shape index (κ1) is 20.6. The lowest BCUT2D eigenvalue weighted by Crippen LogP contribution is -2.42. The summed E-state index contributed by atoms with van der Waals surface area (Å²) < 4.78 is 27.3. The van der Waals surface area contributed by atoms with Crippen molar-refractivity contribution >= 4 is 38.9 Å². The molecule has 1 aliphatic heterocycles. The van der Waals surface area contributed by atoms with Crippen LogP contribution in [0.4, 0.5) is 17.1 Å². The molecule has 7 nitrogen and oxygen atoms in total. The number of hydrogen-bond acceptors (Lipinski definition) is 4. The van der Waals surface area contributed by atoms with Gasteiger partial charge in [-0.1, -0.05) is 30.3 Å². The summed E-state index contributed by atoms with van der Waals surface area (Å²) in [6.07, 6.45) is 0. The molecule has 2 amide bonds. The van der Waals surface area contributed by atoms with E-state index in [1.165, 1.54) is 9.21 Å². The van der Waals surface area contributed by atoms with Gasteiger partial charge in [0.2, 0.25) is 5.91 Å². The zero-order valence-corrected chi connectivity index (χ0v) is 17.7. The molecular weight excluding hydrogens is 414 g/mol. The molecule has 0 saturated heterocycles. The van der Waals surface area contributed by atoms with Crippen molar-refractivity contribution in [1.29, 1.82) is 0 Å². The first-order valence-corrected chi connectivity index (χ1v) is 11.2. The first-order valence-electron chi connectivity index (χ1n) is 9.80. The van der Waals surface area contributed by atoms with Gasteiger partial charge in [0.15, 0.2) is 0 Å². The number of nitrogens with zero attached hydrogens (tertiary/aromatic N) is 2. The highest BCUT2D eigenvalue weighted by Crippen LogP contribution is 2.31. The van der Waals surface area contributed by atoms with Crippen molar-refractivity contribution in [2.75, 3.05) is 27.6 Å². The Morgan fingerprint density at radius 2 is 1.61 bits per heavy atom. The average Bonchev–Trinajstić information content (AvgIpc) is 2.79.